The molecular weight excluding hydrogens is 488 g/mol. The highest BCUT2D eigenvalue weighted by molar-refractivity contribution is 6.01. The first-order valence-electron chi connectivity index (χ1n) is 13.7. The van der Waals surface area contributed by atoms with Crippen LogP contribution in [0, 0.1) is 11.8 Å². The molecule has 1 fully saturated rings. The van der Waals surface area contributed by atoms with Crippen LogP contribution in [-0.4, -0.2) is 90.0 Å². The third kappa shape index (κ3) is 7.93. The number of likely N-dealkylation sites (N-methyl/N-ethyl adjacent to an activating group) is 1. The molecule has 0 saturated carbocycles. The Morgan fingerprint density at radius 3 is 2.47 bits per heavy atom. The molecule has 3 rings (SSSR count). The number of piperidine rings is 1. The fourth-order valence-corrected chi connectivity index (χ4v) is 5.10. The number of hydrogen-bond donors (Lipinski definition) is 3. The molecule has 0 radical (unpaired) electrons. The van der Waals surface area contributed by atoms with E-state index in [-0.39, 0.29) is 42.9 Å². The van der Waals surface area contributed by atoms with E-state index >= 15 is 0 Å². The molecule has 0 aliphatic carbocycles. The lowest BCUT2D eigenvalue weighted by Crippen LogP contribution is -2.54. The molecular formula is C28H42N4O6. The van der Waals surface area contributed by atoms with Crippen molar-refractivity contribution < 1.29 is 29.0 Å². The standard InChI is InChI=1S/C28H42N4O6/c1-4-31-14-16-38-24-8-6-5-7-21(24)26(35)30-23(18-25(34)29-22(27(31)36)17-19(2)3)28(37)32-12-9-20(10-13-32)11-15-33/h5-8,19-20,22-23,33H,4,9-18H2,1-3H3,(H,29,34)(H,30,35)/t22-,23-/m0/s1. The predicted octanol–water partition coefficient (Wildman–Crippen LogP) is 1.57. The zero-order valence-electron chi connectivity index (χ0n) is 22.8. The molecule has 2 aliphatic heterocycles. The highest BCUT2D eigenvalue weighted by Crippen LogP contribution is 2.22. The van der Waals surface area contributed by atoms with E-state index in [9.17, 15) is 24.3 Å². The molecule has 3 N–H and O–H groups in total. The maximum Gasteiger partial charge on any atom is 0.255 e. The lowest BCUT2D eigenvalue weighted by atomic mass is 9.93. The summed E-state index contributed by atoms with van der Waals surface area (Å²) in [5.74, 6) is -0.632. The average molecular weight is 531 g/mol. The Morgan fingerprint density at radius 2 is 1.82 bits per heavy atom. The van der Waals surface area contributed by atoms with Gasteiger partial charge < -0.3 is 30.3 Å². The van der Waals surface area contributed by atoms with Crippen LogP contribution in [0.5, 0.6) is 5.75 Å². The largest absolute Gasteiger partial charge is 0.491 e. The molecule has 0 aromatic heterocycles. The number of carbonyl (C=O) groups excluding carboxylic acids is 4. The summed E-state index contributed by atoms with van der Waals surface area (Å²) in [5.41, 5.74) is 0.261. The third-order valence-electron chi connectivity index (χ3n) is 7.24. The molecule has 1 saturated heterocycles. The number of fused-ring (bicyclic) bond motifs is 1. The Labute approximate surface area is 225 Å². The smallest absolute Gasteiger partial charge is 0.255 e. The summed E-state index contributed by atoms with van der Waals surface area (Å²) in [4.78, 5) is 56.8. The van der Waals surface area contributed by atoms with E-state index in [0.717, 1.165) is 12.8 Å². The minimum Gasteiger partial charge on any atom is -0.491 e. The summed E-state index contributed by atoms with van der Waals surface area (Å²) in [5, 5.41) is 14.9. The number of aliphatic hydroxyl groups is 1. The monoisotopic (exact) mass is 530 g/mol. The van der Waals surface area contributed by atoms with Crippen molar-refractivity contribution in [2.45, 2.75) is 65.0 Å². The maximum absolute atomic E-state index is 13.6. The van der Waals surface area contributed by atoms with Gasteiger partial charge in [0.05, 0.1) is 18.5 Å². The van der Waals surface area contributed by atoms with Crippen LogP contribution in [0.15, 0.2) is 24.3 Å². The maximum atomic E-state index is 13.6. The minimum atomic E-state index is -1.09. The number of nitrogens with one attached hydrogen (secondary N) is 2. The first kappa shape index (κ1) is 29.4. The molecule has 1 aromatic rings. The highest BCUT2D eigenvalue weighted by atomic mass is 16.5. The van der Waals surface area contributed by atoms with Gasteiger partial charge in [-0.3, -0.25) is 19.2 Å². The van der Waals surface area contributed by atoms with Crippen LogP contribution in [0.25, 0.3) is 0 Å². The Morgan fingerprint density at radius 1 is 1.11 bits per heavy atom. The SMILES string of the molecule is CCN1CCOc2ccccc2C(=O)N[C@H](C(=O)N2CCC(CCO)CC2)CC(=O)N[C@@H](CC(C)C)C1=O. The molecule has 0 unspecified atom stereocenters. The molecule has 2 atom stereocenters. The second kappa shape index (κ2) is 14.1. The van der Waals surface area contributed by atoms with Gasteiger partial charge in [0.25, 0.3) is 5.91 Å². The third-order valence-corrected chi connectivity index (χ3v) is 7.24. The number of ether oxygens (including phenoxy) is 1. The van der Waals surface area contributed by atoms with Gasteiger partial charge in [-0.25, -0.2) is 0 Å². The summed E-state index contributed by atoms with van der Waals surface area (Å²) in [6.07, 6.45) is 2.38. The Bertz CT molecular complexity index is 976. The van der Waals surface area contributed by atoms with Gasteiger partial charge in [-0.15, -0.1) is 0 Å². The number of para-hydroxylation sites is 1. The number of nitrogens with zero attached hydrogens (tertiary/aromatic N) is 2. The van der Waals surface area contributed by atoms with Crippen molar-refractivity contribution in [1.82, 2.24) is 20.4 Å². The zero-order chi connectivity index (χ0) is 27.7. The van der Waals surface area contributed by atoms with Crippen molar-refractivity contribution in [3.05, 3.63) is 29.8 Å². The number of benzene rings is 1. The number of likely N-dealkylation sites (tertiary alicyclic amines) is 1. The lowest BCUT2D eigenvalue weighted by Gasteiger charge is -2.34. The summed E-state index contributed by atoms with van der Waals surface area (Å²) >= 11 is 0. The van der Waals surface area contributed by atoms with Crippen LogP contribution in [-0.2, 0) is 14.4 Å². The fraction of sp³-hybridized carbons (Fsp3) is 0.643. The normalized spacial score (nSPS) is 22.3. The van der Waals surface area contributed by atoms with Crippen LogP contribution in [0.2, 0.25) is 0 Å². The molecule has 1 aromatic carbocycles. The van der Waals surface area contributed by atoms with Gasteiger partial charge in [0.1, 0.15) is 24.4 Å². The number of rotatable bonds is 6. The molecule has 4 amide bonds. The van der Waals surface area contributed by atoms with E-state index in [1.807, 2.05) is 20.8 Å². The van der Waals surface area contributed by atoms with Crippen molar-refractivity contribution in [1.29, 1.82) is 0 Å². The van der Waals surface area contributed by atoms with Gasteiger partial charge in [-0.05, 0) is 56.6 Å². The number of hydrogen-bond acceptors (Lipinski definition) is 6. The lowest BCUT2D eigenvalue weighted by molar-refractivity contribution is -0.139. The highest BCUT2D eigenvalue weighted by Gasteiger charge is 2.33. The van der Waals surface area contributed by atoms with Gasteiger partial charge >= 0.3 is 0 Å². The second-order valence-electron chi connectivity index (χ2n) is 10.5. The van der Waals surface area contributed by atoms with Crippen molar-refractivity contribution in [2.75, 3.05) is 39.4 Å². The molecule has 0 bridgehead atoms. The molecule has 0 spiro atoms. The summed E-state index contributed by atoms with van der Waals surface area (Å²) in [7, 11) is 0. The number of aliphatic hydroxyl groups excluding tert-OH is 1. The summed E-state index contributed by atoms with van der Waals surface area (Å²) < 4.78 is 5.91. The first-order chi connectivity index (χ1) is 18.2. The molecule has 210 valence electrons. The van der Waals surface area contributed by atoms with E-state index in [2.05, 4.69) is 10.6 Å². The summed E-state index contributed by atoms with van der Waals surface area (Å²) in [6, 6.07) is 4.92. The molecule has 2 heterocycles. The van der Waals surface area contributed by atoms with Gasteiger partial charge in [-0.1, -0.05) is 26.0 Å². The number of amides is 4. The Balaban J connectivity index is 1.89. The number of carbonyl (C=O) groups is 4. The van der Waals surface area contributed by atoms with Gasteiger partial charge in [-0.2, -0.15) is 0 Å². The van der Waals surface area contributed by atoms with E-state index in [1.54, 1.807) is 34.1 Å². The van der Waals surface area contributed by atoms with Crippen molar-refractivity contribution in [3.63, 3.8) is 0 Å². The van der Waals surface area contributed by atoms with Crippen LogP contribution < -0.4 is 15.4 Å². The van der Waals surface area contributed by atoms with Crippen LogP contribution in [0.4, 0.5) is 0 Å². The van der Waals surface area contributed by atoms with Crippen molar-refractivity contribution in [2.24, 2.45) is 11.8 Å². The van der Waals surface area contributed by atoms with Crippen LogP contribution in [0.1, 0.15) is 63.2 Å². The molecule has 38 heavy (non-hydrogen) atoms. The summed E-state index contributed by atoms with van der Waals surface area (Å²) in [6.45, 7) is 7.87. The first-order valence-corrected chi connectivity index (χ1v) is 13.7. The Hall–Kier alpha value is -3.14. The molecule has 10 nitrogen and oxygen atoms in total. The molecule has 2 aliphatic rings. The minimum absolute atomic E-state index is 0.116. The van der Waals surface area contributed by atoms with Crippen molar-refractivity contribution >= 4 is 23.6 Å². The van der Waals surface area contributed by atoms with Crippen LogP contribution in [0.3, 0.4) is 0 Å². The molecule has 10 heteroatoms. The van der Waals surface area contributed by atoms with Gasteiger partial charge in [0, 0.05) is 26.2 Å². The quantitative estimate of drug-likeness (QED) is 0.512. The van der Waals surface area contributed by atoms with Crippen LogP contribution >= 0.6 is 0 Å². The van der Waals surface area contributed by atoms with Gasteiger partial charge in [0.2, 0.25) is 17.7 Å². The van der Waals surface area contributed by atoms with E-state index in [4.69, 9.17) is 4.74 Å². The van der Waals surface area contributed by atoms with E-state index < -0.39 is 23.9 Å². The second-order valence-corrected chi connectivity index (χ2v) is 10.5. The average Bonchev–Trinajstić information content (AvgIpc) is 2.89. The topological polar surface area (TPSA) is 128 Å². The Kier molecular flexibility index (Phi) is 10.9. The fourth-order valence-electron chi connectivity index (χ4n) is 5.10. The zero-order valence-corrected chi connectivity index (χ0v) is 22.8. The predicted molar refractivity (Wildman–Crippen MR) is 142 cm³/mol. The van der Waals surface area contributed by atoms with E-state index in [0.29, 0.717) is 50.7 Å². The van der Waals surface area contributed by atoms with Gasteiger partial charge in [0.15, 0.2) is 0 Å². The van der Waals surface area contributed by atoms with E-state index in [1.165, 1.54) is 0 Å². The van der Waals surface area contributed by atoms with Crippen molar-refractivity contribution in [3.8, 4) is 5.75 Å².